The van der Waals surface area contributed by atoms with Gasteiger partial charge in [-0.15, -0.1) is 0 Å². The van der Waals surface area contributed by atoms with Crippen LogP contribution in [0.25, 0.3) is 0 Å². The zero-order valence-electron chi connectivity index (χ0n) is 16.3. The minimum atomic E-state index is -0.954. The Morgan fingerprint density at radius 1 is 1.04 bits per heavy atom. The van der Waals surface area contributed by atoms with Crippen LogP contribution < -0.4 is 5.32 Å². The summed E-state index contributed by atoms with van der Waals surface area (Å²) in [5.74, 6) is -1.06. The first kappa shape index (κ1) is 19.8. The van der Waals surface area contributed by atoms with Gasteiger partial charge in [-0.1, -0.05) is 30.3 Å². The lowest BCUT2D eigenvalue weighted by atomic mass is 9.90. The fourth-order valence-corrected chi connectivity index (χ4v) is 3.49. The fraction of sp³-hybridized carbons (Fsp3) is 0.348. The Bertz CT molecular complexity index is 903. The first-order valence-electron chi connectivity index (χ1n) is 9.65. The predicted octanol–water partition coefficient (Wildman–Crippen LogP) is 3.88. The van der Waals surface area contributed by atoms with Crippen LogP contribution in [-0.4, -0.2) is 23.8 Å². The van der Waals surface area contributed by atoms with E-state index < -0.39 is 18.0 Å². The van der Waals surface area contributed by atoms with Crippen molar-refractivity contribution in [1.82, 2.24) is 0 Å². The molecule has 5 heteroatoms. The summed E-state index contributed by atoms with van der Waals surface area (Å²) in [5.41, 5.74) is 4.41. The number of amides is 1. The third-order valence-corrected chi connectivity index (χ3v) is 5.00. The minimum absolute atomic E-state index is 0.134. The van der Waals surface area contributed by atoms with E-state index in [-0.39, 0.29) is 12.2 Å². The first-order chi connectivity index (χ1) is 13.4. The molecule has 0 radical (unpaired) electrons. The highest BCUT2D eigenvalue weighted by Crippen LogP contribution is 2.22. The number of fused-ring (bicyclic) bond motifs is 1. The molecule has 1 aliphatic carbocycles. The molecule has 1 aliphatic rings. The highest BCUT2D eigenvalue weighted by molar-refractivity contribution is 6.04. The molecule has 0 saturated carbocycles. The average molecular weight is 379 g/mol. The van der Waals surface area contributed by atoms with Crippen LogP contribution in [0.1, 0.15) is 53.7 Å². The summed E-state index contributed by atoms with van der Waals surface area (Å²) in [7, 11) is 0. The molecule has 5 nitrogen and oxygen atoms in total. The number of hydrogen-bond acceptors (Lipinski definition) is 4. The number of anilines is 1. The highest BCUT2D eigenvalue weighted by Gasteiger charge is 2.20. The summed E-state index contributed by atoms with van der Waals surface area (Å²) in [4.78, 5) is 36.3. The van der Waals surface area contributed by atoms with Crippen molar-refractivity contribution in [2.45, 2.75) is 52.1 Å². The van der Waals surface area contributed by atoms with Crippen LogP contribution in [0.5, 0.6) is 0 Å². The molecule has 1 atom stereocenters. The van der Waals surface area contributed by atoms with Crippen LogP contribution in [-0.2, 0) is 33.6 Å². The Morgan fingerprint density at radius 3 is 2.50 bits per heavy atom. The van der Waals surface area contributed by atoms with Crippen LogP contribution in [0.4, 0.5) is 5.69 Å². The molecule has 0 bridgehead atoms. The van der Waals surface area contributed by atoms with Crippen molar-refractivity contribution in [2.75, 3.05) is 5.32 Å². The van der Waals surface area contributed by atoms with E-state index in [0.29, 0.717) is 11.3 Å². The molecule has 1 amide bonds. The van der Waals surface area contributed by atoms with Gasteiger partial charge in [0, 0.05) is 5.56 Å². The number of carbonyl (C=O) groups excluding carboxylic acids is 3. The second-order valence-corrected chi connectivity index (χ2v) is 7.21. The minimum Gasteiger partial charge on any atom is -0.452 e. The quantitative estimate of drug-likeness (QED) is 0.611. The van der Waals surface area contributed by atoms with Gasteiger partial charge in [0.1, 0.15) is 0 Å². The van der Waals surface area contributed by atoms with Gasteiger partial charge in [-0.2, -0.15) is 0 Å². The Kier molecular flexibility index (Phi) is 6.24. The molecule has 0 spiro atoms. The maximum atomic E-state index is 12.4. The van der Waals surface area contributed by atoms with E-state index in [1.165, 1.54) is 37.8 Å². The molecule has 0 aliphatic heterocycles. The van der Waals surface area contributed by atoms with Gasteiger partial charge in [0.2, 0.25) is 0 Å². The lowest BCUT2D eigenvalue weighted by molar-refractivity contribution is -0.152. The number of rotatable bonds is 6. The van der Waals surface area contributed by atoms with Crippen LogP contribution in [0, 0.1) is 0 Å². The van der Waals surface area contributed by atoms with Crippen molar-refractivity contribution in [3.63, 3.8) is 0 Å². The molecule has 3 rings (SSSR count). The maximum absolute atomic E-state index is 12.4. The van der Waals surface area contributed by atoms with E-state index in [2.05, 4.69) is 17.4 Å². The predicted molar refractivity (Wildman–Crippen MR) is 107 cm³/mol. The van der Waals surface area contributed by atoms with Crippen LogP contribution in [0.15, 0.2) is 42.5 Å². The number of nitrogens with one attached hydrogen (secondary N) is 1. The Morgan fingerprint density at radius 2 is 1.75 bits per heavy atom. The van der Waals surface area contributed by atoms with Crippen molar-refractivity contribution in [1.29, 1.82) is 0 Å². The summed E-state index contributed by atoms with van der Waals surface area (Å²) >= 11 is 0. The molecule has 0 unspecified atom stereocenters. The van der Waals surface area contributed by atoms with Gasteiger partial charge in [0.05, 0.1) is 12.1 Å². The van der Waals surface area contributed by atoms with Gasteiger partial charge >= 0.3 is 5.97 Å². The summed E-state index contributed by atoms with van der Waals surface area (Å²) in [6.45, 7) is 2.96. The van der Waals surface area contributed by atoms with Gasteiger partial charge in [0.15, 0.2) is 11.9 Å². The third-order valence-electron chi connectivity index (χ3n) is 5.00. The fourth-order valence-electron chi connectivity index (χ4n) is 3.49. The Balaban J connectivity index is 1.58. The van der Waals surface area contributed by atoms with E-state index in [9.17, 15) is 14.4 Å². The molecule has 2 aromatic carbocycles. The monoisotopic (exact) mass is 379 g/mol. The molecule has 1 N–H and O–H groups in total. The molecular weight excluding hydrogens is 354 g/mol. The number of benzene rings is 2. The number of para-hydroxylation sites is 1. The Labute approximate surface area is 165 Å². The SMILES string of the molecule is CC(=O)c1ccccc1NC(=O)[C@@H](C)OC(=O)Cc1ccc2c(c1)CCCC2. The summed E-state index contributed by atoms with van der Waals surface area (Å²) in [5, 5.41) is 2.66. The zero-order chi connectivity index (χ0) is 20.1. The van der Waals surface area contributed by atoms with Gasteiger partial charge in [-0.05, 0) is 68.4 Å². The number of carbonyl (C=O) groups is 3. The Hall–Kier alpha value is -2.95. The molecular formula is C23H25NO4. The van der Waals surface area contributed by atoms with E-state index in [4.69, 9.17) is 4.74 Å². The maximum Gasteiger partial charge on any atom is 0.311 e. The van der Waals surface area contributed by atoms with Crippen molar-refractivity contribution >= 4 is 23.3 Å². The molecule has 0 aromatic heterocycles. The molecule has 146 valence electrons. The second-order valence-electron chi connectivity index (χ2n) is 7.21. The summed E-state index contributed by atoms with van der Waals surface area (Å²) in [6.07, 6.45) is 3.72. The molecule has 2 aromatic rings. The third kappa shape index (κ3) is 4.85. The van der Waals surface area contributed by atoms with Crippen LogP contribution >= 0.6 is 0 Å². The largest absolute Gasteiger partial charge is 0.452 e. The van der Waals surface area contributed by atoms with Crippen molar-refractivity contribution < 1.29 is 19.1 Å². The van der Waals surface area contributed by atoms with E-state index in [0.717, 1.165) is 18.4 Å². The number of esters is 1. The number of ether oxygens (including phenoxy) is 1. The second kappa shape index (κ2) is 8.83. The summed E-state index contributed by atoms with van der Waals surface area (Å²) < 4.78 is 5.30. The molecule has 28 heavy (non-hydrogen) atoms. The summed E-state index contributed by atoms with van der Waals surface area (Å²) in [6, 6.07) is 12.9. The van der Waals surface area contributed by atoms with Gasteiger partial charge in [-0.25, -0.2) is 0 Å². The highest BCUT2D eigenvalue weighted by atomic mass is 16.5. The lowest BCUT2D eigenvalue weighted by Crippen LogP contribution is -2.31. The van der Waals surface area contributed by atoms with Crippen molar-refractivity contribution in [2.24, 2.45) is 0 Å². The van der Waals surface area contributed by atoms with Crippen molar-refractivity contribution in [3.8, 4) is 0 Å². The van der Waals surface area contributed by atoms with Gasteiger partial charge in [-0.3, -0.25) is 14.4 Å². The standard InChI is InChI=1S/C23H25NO4/c1-15(25)20-9-5-6-10-21(20)24-23(27)16(2)28-22(26)14-17-11-12-18-7-3-4-8-19(18)13-17/h5-6,9-13,16H,3-4,7-8,14H2,1-2H3,(H,24,27)/t16-/m1/s1. The van der Waals surface area contributed by atoms with Crippen LogP contribution in [0.3, 0.4) is 0 Å². The zero-order valence-corrected chi connectivity index (χ0v) is 16.3. The molecule has 0 heterocycles. The number of aryl methyl sites for hydroxylation is 2. The van der Waals surface area contributed by atoms with E-state index >= 15 is 0 Å². The van der Waals surface area contributed by atoms with Crippen molar-refractivity contribution in [3.05, 3.63) is 64.7 Å². The normalized spacial score (nSPS) is 13.9. The van der Waals surface area contributed by atoms with Gasteiger partial charge in [0.25, 0.3) is 5.91 Å². The van der Waals surface area contributed by atoms with Crippen LogP contribution in [0.2, 0.25) is 0 Å². The lowest BCUT2D eigenvalue weighted by Gasteiger charge is -2.17. The number of Topliss-reactive ketones (excluding diaryl/α,β-unsaturated/α-hetero) is 1. The topological polar surface area (TPSA) is 72.5 Å². The van der Waals surface area contributed by atoms with E-state index in [1.54, 1.807) is 24.3 Å². The number of hydrogen-bond donors (Lipinski definition) is 1. The number of ketones is 1. The average Bonchev–Trinajstić information content (AvgIpc) is 2.68. The first-order valence-corrected chi connectivity index (χ1v) is 9.65. The molecule has 0 fully saturated rings. The molecule has 0 saturated heterocycles. The smallest absolute Gasteiger partial charge is 0.311 e. The van der Waals surface area contributed by atoms with E-state index in [1.807, 2.05) is 6.07 Å². The van der Waals surface area contributed by atoms with Gasteiger partial charge < -0.3 is 10.1 Å².